The normalized spacial score (nSPS) is 14.9. The van der Waals surface area contributed by atoms with Crippen LogP contribution in [-0.2, 0) is 4.79 Å². The molecule has 1 heterocycles. The summed E-state index contributed by atoms with van der Waals surface area (Å²) < 4.78 is 5.17. The number of hydrogen-bond donors (Lipinski definition) is 1. The second-order valence-corrected chi connectivity index (χ2v) is 7.90. The van der Waals surface area contributed by atoms with Crippen LogP contribution in [-0.4, -0.2) is 62.0 Å². The van der Waals surface area contributed by atoms with Gasteiger partial charge in [0.15, 0.2) is 0 Å². The first-order chi connectivity index (χ1) is 15.5. The van der Waals surface area contributed by atoms with Gasteiger partial charge in [0.25, 0.3) is 11.8 Å². The first kappa shape index (κ1) is 21.6. The number of nitrogens with one attached hydrogen (secondary N) is 1. The Balaban J connectivity index is 1.68. The molecule has 6 nitrogen and oxygen atoms in total. The molecule has 1 aliphatic rings. The number of carbonyl (C=O) groups excluding carboxylic acids is 2. The molecule has 0 bridgehead atoms. The highest BCUT2D eigenvalue weighted by Crippen LogP contribution is 2.21. The summed E-state index contributed by atoms with van der Waals surface area (Å²) in [5.74, 6) is 0.163. The summed E-state index contributed by atoms with van der Waals surface area (Å²) in [5.41, 5.74) is 1.61. The van der Waals surface area contributed by atoms with Crippen LogP contribution in [0, 0.1) is 0 Å². The molecule has 1 N–H and O–H groups in total. The molecule has 0 spiro atoms. The summed E-state index contributed by atoms with van der Waals surface area (Å²) in [6.07, 6.45) is 1.78. The first-order valence-electron chi connectivity index (χ1n) is 10.7. The molecule has 2 amide bonds. The number of rotatable bonds is 5. The summed E-state index contributed by atoms with van der Waals surface area (Å²) in [6, 6.07) is 20.8. The Morgan fingerprint density at radius 3 is 2.31 bits per heavy atom. The van der Waals surface area contributed by atoms with E-state index in [2.05, 4.69) is 10.2 Å². The summed E-state index contributed by atoms with van der Waals surface area (Å²) >= 11 is 0. The smallest absolute Gasteiger partial charge is 0.270 e. The van der Waals surface area contributed by atoms with Gasteiger partial charge in [-0.15, -0.1) is 0 Å². The number of ether oxygens (including phenoxy) is 1. The Labute approximate surface area is 188 Å². The third kappa shape index (κ3) is 4.81. The van der Waals surface area contributed by atoms with Crippen LogP contribution >= 0.6 is 0 Å². The SMILES string of the molecule is COc1ccc(C(=O)NC(=Cc2cccc3ccccc23)C(=O)N2CCN(C)CC2)cc1. The highest BCUT2D eigenvalue weighted by atomic mass is 16.5. The standard InChI is InChI=1S/C26H27N3O3/c1-28-14-16-29(17-15-28)26(31)24(27-25(30)20-10-12-22(32-2)13-11-20)18-21-8-5-7-19-6-3-4-9-23(19)21/h3-13,18H,14-17H2,1-2H3,(H,27,30). The van der Waals surface area contributed by atoms with Gasteiger partial charge in [-0.2, -0.15) is 0 Å². The topological polar surface area (TPSA) is 61.9 Å². The summed E-state index contributed by atoms with van der Waals surface area (Å²) in [7, 11) is 3.62. The van der Waals surface area contributed by atoms with E-state index in [4.69, 9.17) is 4.74 Å². The molecule has 32 heavy (non-hydrogen) atoms. The molecule has 1 saturated heterocycles. The van der Waals surface area contributed by atoms with Crippen LogP contribution < -0.4 is 10.1 Å². The number of benzene rings is 3. The van der Waals surface area contributed by atoms with Crippen molar-refractivity contribution < 1.29 is 14.3 Å². The Bertz CT molecular complexity index is 1140. The Morgan fingerprint density at radius 1 is 0.906 bits per heavy atom. The largest absolute Gasteiger partial charge is 0.497 e. The average Bonchev–Trinajstić information content (AvgIpc) is 2.84. The zero-order valence-electron chi connectivity index (χ0n) is 18.4. The second kappa shape index (κ2) is 9.66. The molecule has 0 saturated carbocycles. The Morgan fingerprint density at radius 2 is 1.59 bits per heavy atom. The number of methoxy groups -OCH3 is 1. The molecule has 3 aromatic carbocycles. The van der Waals surface area contributed by atoms with Crippen LogP contribution in [0.1, 0.15) is 15.9 Å². The number of hydrogen-bond acceptors (Lipinski definition) is 4. The molecular formula is C26H27N3O3. The zero-order valence-corrected chi connectivity index (χ0v) is 18.4. The van der Waals surface area contributed by atoms with Crippen molar-refractivity contribution in [1.82, 2.24) is 15.1 Å². The molecule has 164 valence electrons. The lowest BCUT2D eigenvalue weighted by Gasteiger charge is -2.33. The minimum absolute atomic E-state index is 0.173. The van der Waals surface area contributed by atoms with Gasteiger partial charge in [-0.25, -0.2) is 0 Å². The van der Waals surface area contributed by atoms with Crippen LogP contribution in [0.4, 0.5) is 0 Å². The van der Waals surface area contributed by atoms with E-state index in [0.29, 0.717) is 24.4 Å². The van der Waals surface area contributed by atoms with Gasteiger partial charge in [0, 0.05) is 31.7 Å². The molecule has 1 aliphatic heterocycles. The lowest BCUT2D eigenvalue weighted by Crippen LogP contribution is -2.49. The number of likely N-dealkylation sites (N-methyl/N-ethyl adjacent to an activating group) is 1. The van der Waals surface area contributed by atoms with E-state index in [1.165, 1.54) is 0 Å². The van der Waals surface area contributed by atoms with E-state index >= 15 is 0 Å². The van der Waals surface area contributed by atoms with E-state index in [-0.39, 0.29) is 17.5 Å². The third-order valence-electron chi connectivity index (χ3n) is 5.74. The molecular weight excluding hydrogens is 402 g/mol. The van der Waals surface area contributed by atoms with Crippen molar-refractivity contribution in [2.75, 3.05) is 40.3 Å². The van der Waals surface area contributed by atoms with Crippen molar-refractivity contribution in [2.45, 2.75) is 0 Å². The highest BCUT2D eigenvalue weighted by Gasteiger charge is 2.24. The van der Waals surface area contributed by atoms with Crippen molar-refractivity contribution in [2.24, 2.45) is 0 Å². The number of amides is 2. The minimum atomic E-state index is -0.332. The quantitative estimate of drug-likeness (QED) is 0.632. The van der Waals surface area contributed by atoms with E-state index in [1.807, 2.05) is 49.5 Å². The molecule has 6 heteroatoms. The van der Waals surface area contributed by atoms with Gasteiger partial charge in [0.2, 0.25) is 0 Å². The van der Waals surface area contributed by atoms with Crippen LogP contribution in [0.25, 0.3) is 16.8 Å². The number of carbonyl (C=O) groups is 2. The fraction of sp³-hybridized carbons (Fsp3) is 0.231. The van der Waals surface area contributed by atoms with Gasteiger partial charge < -0.3 is 19.9 Å². The maximum absolute atomic E-state index is 13.4. The minimum Gasteiger partial charge on any atom is -0.497 e. The summed E-state index contributed by atoms with van der Waals surface area (Å²) in [5, 5.41) is 4.97. The Hall–Kier alpha value is -3.64. The number of piperazine rings is 1. The van der Waals surface area contributed by atoms with Crippen LogP contribution in [0.2, 0.25) is 0 Å². The molecule has 0 radical (unpaired) electrons. The molecule has 1 fully saturated rings. The van der Waals surface area contributed by atoms with Gasteiger partial charge in [0.1, 0.15) is 11.4 Å². The lowest BCUT2D eigenvalue weighted by molar-refractivity contribution is -0.128. The van der Waals surface area contributed by atoms with E-state index in [9.17, 15) is 9.59 Å². The number of fused-ring (bicyclic) bond motifs is 1. The highest BCUT2D eigenvalue weighted by molar-refractivity contribution is 6.06. The van der Waals surface area contributed by atoms with Gasteiger partial charge in [0.05, 0.1) is 7.11 Å². The predicted octanol–water partition coefficient (Wildman–Crippen LogP) is 3.39. The first-order valence-corrected chi connectivity index (χ1v) is 10.7. The zero-order chi connectivity index (χ0) is 22.5. The summed E-state index contributed by atoms with van der Waals surface area (Å²) in [4.78, 5) is 30.4. The van der Waals surface area contributed by atoms with Gasteiger partial charge in [-0.1, -0.05) is 42.5 Å². The van der Waals surface area contributed by atoms with Gasteiger partial charge in [-0.05, 0) is 53.7 Å². The van der Waals surface area contributed by atoms with Crippen LogP contribution in [0.5, 0.6) is 5.75 Å². The van der Waals surface area contributed by atoms with E-state index in [1.54, 1.807) is 42.4 Å². The van der Waals surface area contributed by atoms with Crippen molar-refractivity contribution in [1.29, 1.82) is 0 Å². The third-order valence-corrected chi connectivity index (χ3v) is 5.74. The maximum Gasteiger partial charge on any atom is 0.270 e. The molecule has 0 aliphatic carbocycles. The molecule has 3 aromatic rings. The van der Waals surface area contributed by atoms with Crippen molar-refractivity contribution in [3.05, 3.63) is 83.6 Å². The van der Waals surface area contributed by atoms with Crippen LogP contribution in [0.15, 0.2) is 72.4 Å². The van der Waals surface area contributed by atoms with E-state index in [0.717, 1.165) is 29.4 Å². The fourth-order valence-corrected chi connectivity index (χ4v) is 3.80. The summed E-state index contributed by atoms with van der Waals surface area (Å²) in [6.45, 7) is 2.86. The molecule has 4 rings (SSSR count). The molecule has 0 aromatic heterocycles. The molecule has 0 unspecified atom stereocenters. The van der Waals surface area contributed by atoms with Crippen molar-refractivity contribution in [3.63, 3.8) is 0 Å². The molecule has 0 atom stereocenters. The van der Waals surface area contributed by atoms with E-state index < -0.39 is 0 Å². The van der Waals surface area contributed by atoms with Gasteiger partial charge >= 0.3 is 0 Å². The van der Waals surface area contributed by atoms with Crippen LogP contribution in [0.3, 0.4) is 0 Å². The van der Waals surface area contributed by atoms with Crippen molar-refractivity contribution >= 4 is 28.7 Å². The average molecular weight is 430 g/mol. The number of nitrogens with zero attached hydrogens (tertiary/aromatic N) is 2. The monoisotopic (exact) mass is 429 g/mol. The maximum atomic E-state index is 13.4. The Kier molecular flexibility index (Phi) is 6.52. The van der Waals surface area contributed by atoms with Crippen molar-refractivity contribution in [3.8, 4) is 5.75 Å². The fourth-order valence-electron chi connectivity index (χ4n) is 3.80. The predicted molar refractivity (Wildman–Crippen MR) is 126 cm³/mol. The van der Waals surface area contributed by atoms with Gasteiger partial charge in [-0.3, -0.25) is 9.59 Å². The lowest BCUT2D eigenvalue weighted by atomic mass is 10.0. The second-order valence-electron chi connectivity index (χ2n) is 7.90.